The minimum absolute atomic E-state index is 0.884. The molecule has 0 fully saturated rings. The highest BCUT2D eigenvalue weighted by atomic mass is 14.2. The molecule has 1 radical (unpaired) electrons. The maximum atomic E-state index is 2.78. The summed E-state index contributed by atoms with van der Waals surface area (Å²) in [7, 11) is 0. The third kappa shape index (κ3) is 15.3. The number of rotatable bonds is 18. The Kier molecular flexibility index (Phi) is 18.3. The van der Waals surface area contributed by atoms with Crippen molar-refractivity contribution in [1.29, 1.82) is 0 Å². The van der Waals surface area contributed by atoms with Gasteiger partial charge in [0.2, 0.25) is 0 Å². The molecule has 23 heavy (non-hydrogen) atoms. The number of hydrogen-bond donors (Lipinski definition) is 0. The van der Waals surface area contributed by atoms with Crippen molar-refractivity contribution in [3.05, 3.63) is 6.42 Å². The Morgan fingerprint density at radius 2 is 0.870 bits per heavy atom. The highest BCUT2D eigenvalue weighted by Crippen LogP contribution is 2.28. The van der Waals surface area contributed by atoms with Gasteiger partial charge in [0.1, 0.15) is 0 Å². The predicted octanol–water partition coefficient (Wildman–Crippen LogP) is 8.74. The number of hydrogen-bond acceptors (Lipinski definition) is 0. The van der Waals surface area contributed by atoms with Gasteiger partial charge in [-0.3, -0.25) is 0 Å². The average molecular weight is 324 g/mol. The summed E-state index contributed by atoms with van der Waals surface area (Å²) in [5, 5.41) is 0. The Labute approximate surface area is 149 Å². The molecule has 0 bridgehead atoms. The summed E-state index contributed by atoms with van der Waals surface area (Å²) in [6, 6.07) is 0. The van der Waals surface area contributed by atoms with Crippen LogP contribution < -0.4 is 0 Å². The Hall–Kier alpha value is 0. The van der Waals surface area contributed by atoms with Gasteiger partial charge in [0, 0.05) is 0 Å². The fourth-order valence-electron chi connectivity index (χ4n) is 3.66. The fourth-order valence-corrected chi connectivity index (χ4v) is 3.66. The van der Waals surface area contributed by atoms with Crippen LogP contribution in [0.15, 0.2) is 0 Å². The maximum absolute atomic E-state index is 2.78. The van der Waals surface area contributed by atoms with Gasteiger partial charge in [-0.2, -0.15) is 0 Å². The quantitative estimate of drug-likeness (QED) is 0.221. The lowest BCUT2D eigenvalue weighted by molar-refractivity contribution is 0.382. The average Bonchev–Trinajstić information content (AvgIpc) is 2.56. The highest BCUT2D eigenvalue weighted by Gasteiger charge is 2.15. The van der Waals surface area contributed by atoms with Gasteiger partial charge in [0.25, 0.3) is 0 Å². The first-order valence-corrected chi connectivity index (χ1v) is 11.1. The van der Waals surface area contributed by atoms with Gasteiger partial charge >= 0.3 is 0 Å². The van der Waals surface area contributed by atoms with Crippen molar-refractivity contribution in [1.82, 2.24) is 0 Å². The molecule has 0 rings (SSSR count). The second-order valence-corrected chi connectivity index (χ2v) is 7.67. The van der Waals surface area contributed by atoms with E-state index in [0.29, 0.717) is 0 Å². The molecule has 1 unspecified atom stereocenters. The molecule has 1 atom stereocenters. The van der Waals surface area contributed by atoms with E-state index < -0.39 is 0 Å². The molecule has 0 aromatic rings. The van der Waals surface area contributed by atoms with Crippen molar-refractivity contribution in [3.8, 4) is 0 Å². The summed E-state index contributed by atoms with van der Waals surface area (Å²) in [6.07, 6.45) is 25.5. The Morgan fingerprint density at radius 1 is 0.478 bits per heavy atom. The van der Waals surface area contributed by atoms with Crippen LogP contribution in [0.25, 0.3) is 0 Å². The molecule has 0 aromatic carbocycles. The van der Waals surface area contributed by atoms with Crippen molar-refractivity contribution in [3.63, 3.8) is 0 Å². The first-order valence-electron chi connectivity index (χ1n) is 11.1. The Balaban J connectivity index is 3.98. The molecule has 0 spiro atoms. The van der Waals surface area contributed by atoms with E-state index in [9.17, 15) is 0 Å². The van der Waals surface area contributed by atoms with Crippen LogP contribution in [-0.2, 0) is 0 Å². The van der Waals surface area contributed by atoms with Crippen LogP contribution in [0.3, 0.4) is 0 Å². The molecule has 0 saturated heterocycles. The van der Waals surface area contributed by atoms with Crippen LogP contribution in [0.4, 0.5) is 0 Å². The van der Waals surface area contributed by atoms with Crippen LogP contribution in [0, 0.1) is 18.3 Å². The van der Waals surface area contributed by atoms with Crippen molar-refractivity contribution < 1.29 is 0 Å². The largest absolute Gasteiger partial charge is 0.0654 e. The van der Waals surface area contributed by atoms with E-state index in [1.165, 1.54) is 103 Å². The van der Waals surface area contributed by atoms with Gasteiger partial charge in [0.05, 0.1) is 0 Å². The van der Waals surface area contributed by atoms with E-state index >= 15 is 0 Å². The van der Waals surface area contributed by atoms with Crippen molar-refractivity contribution >= 4 is 0 Å². The van der Waals surface area contributed by atoms with Crippen LogP contribution in [0.5, 0.6) is 0 Å². The van der Waals surface area contributed by atoms with Crippen molar-refractivity contribution in [2.75, 3.05) is 0 Å². The molecule has 0 amide bonds. The van der Waals surface area contributed by atoms with Crippen LogP contribution in [-0.4, -0.2) is 0 Å². The zero-order chi connectivity index (χ0) is 17.2. The molecule has 139 valence electrons. The summed E-state index contributed by atoms with van der Waals surface area (Å²) in [4.78, 5) is 0. The highest BCUT2D eigenvalue weighted by molar-refractivity contribution is 4.83. The van der Waals surface area contributed by atoms with Crippen molar-refractivity contribution in [2.24, 2.45) is 11.8 Å². The SMILES string of the molecule is CCCCCCCCC([CH]C(CCCCC)CCCCC)CC. The molecular weight excluding hydrogens is 276 g/mol. The molecular formula is C23H47. The van der Waals surface area contributed by atoms with Crippen LogP contribution in [0.2, 0.25) is 0 Å². The van der Waals surface area contributed by atoms with E-state index in [-0.39, 0.29) is 0 Å². The normalized spacial score (nSPS) is 12.9. The van der Waals surface area contributed by atoms with Gasteiger partial charge in [-0.1, -0.05) is 130 Å². The zero-order valence-corrected chi connectivity index (χ0v) is 17.0. The van der Waals surface area contributed by atoms with Crippen molar-refractivity contribution in [2.45, 2.75) is 130 Å². The second kappa shape index (κ2) is 18.3. The van der Waals surface area contributed by atoms with Crippen LogP contribution in [0.1, 0.15) is 130 Å². The molecule has 0 aliphatic rings. The first kappa shape index (κ1) is 23.0. The van der Waals surface area contributed by atoms with Gasteiger partial charge in [0.15, 0.2) is 0 Å². The summed E-state index contributed by atoms with van der Waals surface area (Å²) in [5.41, 5.74) is 0. The van der Waals surface area contributed by atoms with E-state index in [0.717, 1.165) is 11.8 Å². The minimum Gasteiger partial charge on any atom is -0.0654 e. The Morgan fingerprint density at radius 3 is 1.39 bits per heavy atom. The standard InChI is InChI=1S/C23H47/c1-5-9-12-13-14-17-18-22(8-4)21-23(19-15-10-6-2)20-16-11-7-3/h21-23H,5-20H2,1-4H3. The lowest BCUT2D eigenvalue weighted by Crippen LogP contribution is -2.10. The van der Waals surface area contributed by atoms with E-state index in [1.807, 2.05) is 0 Å². The van der Waals surface area contributed by atoms with E-state index in [1.54, 1.807) is 0 Å². The first-order chi connectivity index (χ1) is 11.3. The predicted molar refractivity (Wildman–Crippen MR) is 108 cm³/mol. The van der Waals surface area contributed by atoms with Gasteiger partial charge in [-0.15, -0.1) is 0 Å². The molecule has 0 N–H and O–H groups in total. The van der Waals surface area contributed by atoms with E-state index in [4.69, 9.17) is 0 Å². The van der Waals surface area contributed by atoms with Gasteiger partial charge < -0.3 is 0 Å². The minimum atomic E-state index is 0.884. The smallest absolute Gasteiger partial charge is 0.0324 e. The topological polar surface area (TPSA) is 0 Å². The molecule has 0 aromatic heterocycles. The van der Waals surface area contributed by atoms with Gasteiger partial charge in [-0.05, 0) is 18.3 Å². The lowest BCUT2D eigenvalue weighted by Gasteiger charge is -2.23. The summed E-state index contributed by atoms with van der Waals surface area (Å²) in [5.74, 6) is 1.78. The third-order valence-corrected chi connectivity index (χ3v) is 5.35. The second-order valence-electron chi connectivity index (χ2n) is 7.67. The maximum Gasteiger partial charge on any atom is -0.0324 e. The monoisotopic (exact) mass is 323 g/mol. The third-order valence-electron chi connectivity index (χ3n) is 5.35. The molecule has 0 aliphatic heterocycles. The lowest BCUT2D eigenvalue weighted by atomic mass is 9.83. The van der Waals surface area contributed by atoms with E-state index in [2.05, 4.69) is 34.1 Å². The molecule has 0 heterocycles. The fraction of sp³-hybridized carbons (Fsp3) is 0.957. The number of unbranched alkanes of at least 4 members (excludes halogenated alkanes) is 9. The molecule has 0 nitrogen and oxygen atoms in total. The molecule has 0 aliphatic carbocycles. The zero-order valence-electron chi connectivity index (χ0n) is 17.0. The summed E-state index contributed by atoms with van der Waals surface area (Å²) < 4.78 is 0. The van der Waals surface area contributed by atoms with Gasteiger partial charge in [-0.25, -0.2) is 0 Å². The molecule has 0 heteroatoms. The Bertz CT molecular complexity index is 198. The summed E-state index contributed by atoms with van der Waals surface area (Å²) >= 11 is 0. The van der Waals surface area contributed by atoms with Crippen LogP contribution >= 0.6 is 0 Å². The molecule has 0 saturated carbocycles. The summed E-state index contributed by atoms with van der Waals surface area (Å²) in [6.45, 7) is 9.35.